The Kier molecular flexibility index (Phi) is 10.7. The summed E-state index contributed by atoms with van der Waals surface area (Å²) >= 11 is 0. The molecule has 3 rings (SSSR count). The predicted octanol–water partition coefficient (Wildman–Crippen LogP) is 1.82. The van der Waals surface area contributed by atoms with Gasteiger partial charge >= 0.3 is 0 Å². The van der Waals surface area contributed by atoms with Crippen molar-refractivity contribution in [1.29, 1.82) is 0 Å². The van der Waals surface area contributed by atoms with E-state index in [1.54, 1.807) is 13.8 Å². The van der Waals surface area contributed by atoms with Gasteiger partial charge in [0.15, 0.2) is 23.3 Å². The van der Waals surface area contributed by atoms with Crippen molar-refractivity contribution in [2.45, 2.75) is 70.8 Å². The second-order valence-electron chi connectivity index (χ2n) is 10.7. The zero-order valence-corrected chi connectivity index (χ0v) is 23.9. The lowest BCUT2D eigenvalue weighted by Gasteiger charge is -2.35. The minimum Gasteiger partial charge on any atom is -0.507 e. The number of hydrogen-bond donors (Lipinski definition) is 6. The molecule has 0 spiro atoms. The Balaban J connectivity index is 2.08. The van der Waals surface area contributed by atoms with Crippen LogP contribution in [0.4, 0.5) is 17.6 Å². The highest BCUT2D eigenvalue weighted by atomic mass is 19.2. The van der Waals surface area contributed by atoms with Crippen LogP contribution in [0.15, 0.2) is 30.3 Å². The molecule has 10 nitrogen and oxygen atoms in total. The van der Waals surface area contributed by atoms with Gasteiger partial charge in [-0.1, -0.05) is 39.3 Å². The first kappa shape index (κ1) is 33.3. The van der Waals surface area contributed by atoms with Gasteiger partial charge in [-0.05, 0) is 43.0 Å². The molecule has 43 heavy (non-hydrogen) atoms. The van der Waals surface area contributed by atoms with Crippen LogP contribution in [0.5, 0.6) is 5.75 Å². The van der Waals surface area contributed by atoms with Crippen LogP contribution in [0.25, 0.3) is 0 Å². The third kappa shape index (κ3) is 7.42. The van der Waals surface area contributed by atoms with Crippen LogP contribution >= 0.6 is 0 Å². The first-order valence-electron chi connectivity index (χ1n) is 13.7. The molecule has 0 bridgehead atoms. The van der Waals surface area contributed by atoms with Crippen molar-refractivity contribution < 1.29 is 47.0 Å². The van der Waals surface area contributed by atoms with Crippen LogP contribution in [0.1, 0.15) is 50.0 Å². The minimum absolute atomic E-state index is 0.200. The standard InChI is InChI=1S/C29H34F4N4O6/c1-5-12(2)23-28(42)34-14(4)24(37-27(41)16-8-6-7-9-19(16)38)29(43)35-18(25(39)13(3)26(40)36-23)11-15-10-17(30)21(32)22(33)20(15)31/h6-10,12-14,18,23-25,38-39H,5,11H2,1-4H3,(H,34,42)(H,35,43)(H,36,40)(H,37,41)/t12?,13-,14-,18+,23?,24+,25+/m1/s1. The molecule has 14 heteroatoms. The van der Waals surface area contributed by atoms with Gasteiger partial charge in [0, 0.05) is 0 Å². The van der Waals surface area contributed by atoms with Gasteiger partial charge in [0.25, 0.3) is 5.91 Å². The quantitative estimate of drug-likeness (QED) is 0.167. The van der Waals surface area contributed by atoms with E-state index in [2.05, 4.69) is 21.3 Å². The Morgan fingerprint density at radius 1 is 0.953 bits per heavy atom. The van der Waals surface area contributed by atoms with E-state index in [4.69, 9.17) is 0 Å². The average molecular weight is 611 g/mol. The molecule has 0 saturated carbocycles. The Labute approximate surface area is 245 Å². The van der Waals surface area contributed by atoms with Crippen LogP contribution < -0.4 is 21.3 Å². The van der Waals surface area contributed by atoms with Gasteiger partial charge in [-0.25, -0.2) is 17.6 Å². The number of carbonyl (C=O) groups is 4. The van der Waals surface area contributed by atoms with Gasteiger partial charge in [-0.2, -0.15) is 0 Å². The number of halogens is 4. The molecule has 7 atom stereocenters. The average Bonchev–Trinajstić information content (AvgIpc) is 2.97. The van der Waals surface area contributed by atoms with Gasteiger partial charge in [0.05, 0.1) is 29.7 Å². The van der Waals surface area contributed by atoms with Gasteiger partial charge in [-0.15, -0.1) is 0 Å². The molecule has 1 aliphatic heterocycles. The molecule has 234 valence electrons. The van der Waals surface area contributed by atoms with E-state index < -0.39 is 107 Å². The maximum Gasteiger partial charge on any atom is 0.255 e. The number of para-hydroxylation sites is 1. The van der Waals surface area contributed by atoms with E-state index in [-0.39, 0.29) is 5.56 Å². The van der Waals surface area contributed by atoms with E-state index >= 15 is 0 Å². The largest absolute Gasteiger partial charge is 0.507 e. The van der Waals surface area contributed by atoms with E-state index in [0.717, 1.165) is 0 Å². The topological polar surface area (TPSA) is 157 Å². The molecule has 2 aromatic carbocycles. The first-order chi connectivity index (χ1) is 20.2. The van der Waals surface area contributed by atoms with Crippen molar-refractivity contribution in [1.82, 2.24) is 21.3 Å². The van der Waals surface area contributed by atoms with Gasteiger partial charge in [0.2, 0.25) is 17.7 Å². The molecule has 0 radical (unpaired) electrons. The SMILES string of the molecule is CCC(C)C1NC(=O)[C@H](C)[C@H](O)[C@H](Cc2cc(F)c(F)c(F)c2F)NC(=O)[C@@H](NC(=O)c2ccccc2O)[C@@H](C)NC1=O. The smallest absolute Gasteiger partial charge is 0.255 e. The van der Waals surface area contributed by atoms with Crippen LogP contribution in [0.3, 0.4) is 0 Å². The number of aromatic hydroxyl groups is 1. The zero-order chi connectivity index (χ0) is 32.2. The van der Waals surface area contributed by atoms with Crippen LogP contribution in [-0.4, -0.2) is 64.1 Å². The molecular formula is C29H34F4N4O6. The lowest BCUT2D eigenvalue weighted by Crippen LogP contribution is -2.64. The Morgan fingerprint density at radius 2 is 1.60 bits per heavy atom. The second kappa shape index (κ2) is 13.8. The van der Waals surface area contributed by atoms with E-state index in [9.17, 15) is 47.0 Å². The van der Waals surface area contributed by atoms with Crippen molar-refractivity contribution in [3.63, 3.8) is 0 Å². The van der Waals surface area contributed by atoms with Crippen LogP contribution in [-0.2, 0) is 20.8 Å². The molecule has 4 amide bonds. The third-order valence-corrected chi connectivity index (χ3v) is 7.66. The number of aliphatic hydroxyl groups is 1. The van der Waals surface area contributed by atoms with E-state index in [1.165, 1.54) is 38.1 Å². The van der Waals surface area contributed by atoms with Crippen LogP contribution in [0, 0.1) is 35.1 Å². The molecule has 1 aliphatic rings. The van der Waals surface area contributed by atoms with Crippen molar-refractivity contribution in [3.05, 3.63) is 64.7 Å². The maximum absolute atomic E-state index is 14.6. The van der Waals surface area contributed by atoms with E-state index in [0.29, 0.717) is 12.5 Å². The summed E-state index contributed by atoms with van der Waals surface area (Å²) < 4.78 is 56.2. The summed E-state index contributed by atoms with van der Waals surface area (Å²) in [5.41, 5.74) is -0.941. The minimum atomic E-state index is -2.10. The summed E-state index contributed by atoms with van der Waals surface area (Å²) in [6, 6.07) is 0.376. The molecule has 2 unspecified atom stereocenters. The summed E-state index contributed by atoms with van der Waals surface area (Å²) in [6.07, 6.45) is -2.16. The molecule has 1 heterocycles. The van der Waals surface area contributed by atoms with Crippen molar-refractivity contribution >= 4 is 23.6 Å². The number of phenolic OH excluding ortho intramolecular Hbond substituents is 1. The van der Waals surface area contributed by atoms with Crippen molar-refractivity contribution in [2.24, 2.45) is 11.8 Å². The molecule has 2 aromatic rings. The molecule has 1 saturated heterocycles. The number of nitrogens with one attached hydrogen (secondary N) is 4. The molecule has 1 fully saturated rings. The monoisotopic (exact) mass is 610 g/mol. The number of benzene rings is 2. The lowest BCUT2D eigenvalue weighted by atomic mass is 9.90. The Morgan fingerprint density at radius 3 is 2.23 bits per heavy atom. The molecular weight excluding hydrogens is 576 g/mol. The van der Waals surface area contributed by atoms with Crippen molar-refractivity contribution in [2.75, 3.05) is 0 Å². The zero-order valence-electron chi connectivity index (χ0n) is 23.9. The Hall–Kier alpha value is -4.20. The number of phenols is 1. The highest BCUT2D eigenvalue weighted by Crippen LogP contribution is 2.23. The highest BCUT2D eigenvalue weighted by molar-refractivity contribution is 6.00. The summed E-state index contributed by atoms with van der Waals surface area (Å²) in [5, 5.41) is 31.3. The third-order valence-electron chi connectivity index (χ3n) is 7.66. The number of aliphatic hydroxyl groups excluding tert-OH is 1. The Bertz CT molecular complexity index is 1390. The summed E-state index contributed by atoms with van der Waals surface area (Å²) in [5.74, 6) is -13.2. The fourth-order valence-corrected chi connectivity index (χ4v) is 4.73. The van der Waals surface area contributed by atoms with Gasteiger partial charge < -0.3 is 31.5 Å². The predicted molar refractivity (Wildman–Crippen MR) is 145 cm³/mol. The summed E-state index contributed by atoms with van der Waals surface area (Å²) in [4.78, 5) is 53.0. The fourth-order valence-electron chi connectivity index (χ4n) is 4.73. The number of amides is 4. The highest BCUT2D eigenvalue weighted by Gasteiger charge is 2.39. The number of carbonyl (C=O) groups excluding carboxylic acids is 4. The lowest BCUT2D eigenvalue weighted by molar-refractivity contribution is -0.137. The van der Waals surface area contributed by atoms with Crippen molar-refractivity contribution in [3.8, 4) is 5.75 Å². The number of rotatable bonds is 6. The fraction of sp³-hybridized carbons (Fsp3) is 0.448. The van der Waals surface area contributed by atoms with E-state index in [1.807, 2.05) is 0 Å². The maximum atomic E-state index is 14.6. The second-order valence-corrected chi connectivity index (χ2v) is 10.7. The summed E-state index contributed by atoms with van der Waals surface area (Å²) in [7, 11) is 0. The molecule has 0 aliphatic carbocycles. The summed E-state index contributed by atoms with van der Waals surface area (Å²) in [6.45, 7) is 6.11. The normalized spacial score (nSPS) is 25.8. The molecule has 0 aromatic heterocycles. The van der Waals surface area contributed by atoms with Gasteiger partial charge in [0.1, 0.15) is 17.8 Å². The van der Waals surface area contributed by atoms with Crippen LogP contribution in [0.2, 0.25) is 0 Å². The number of hydrogen-bond acceptors (Lipinski definition) is 6. The van der Waals surface area contributed by atoms with Gasteiger partial charge in [-0.3, -0.25) is 19.2 Å². The first-order valence-corrected chi connectivity index (χ1v) is 13.7. The molecule has 6 N–H and O–H groups in total.